The van der Waals surface area contributed by atoms with Gasteiger partial charge in [0.25, 0.3) is 5.91 Å². The van der Waals surface area contributed by atoms with Gasteiger partial charge in [-0.3, -0.25) is 4.79 Å². The lowest BCUT2D eigenvalue weighted by Gasteiger charge is -2.18. The van der Waals surface area contributed by atoms with Crippen LogP contribution in [0.25, 0.3) is 0 Å². The number of aliphatic hydroxyl groups excluding tert-OH is 1. The van der Waals surface area contributed by atoms with E-state index in [0.717, 1.165) is 0 Å². The predicted molar refractivity (Wildman–Crippen MR) is 65.5 cm³/mol. The van der Waals surface area contributed by atoms with E-state index < -0.39 is 0 Å². The van der Waals surface area contributed by atoms with E-state index in [4.69, 9.17) is 5.11 Å². The standard InChI is InChI=1S/C13H16N2O2/c1-3-15(4-2)13(17)12-11(8-6-10-16)7-5-9-14-12/h5,7,9,16H,3-4,10H2,1-2H3. The first-order valence-electron chi connectivity index (χ1n) is 5.58. The van der Waals surface area contributed by atoms with Crippen molar-refractivity contribution in [1.29, 1.82) is 0 Å². The average molecular weight is 232 g/mol. The van der Waals surface area contributed by atoms with Gasteiger partial charge in [-0.25, -0.2) is 4.98 Å². The van der Waals surface area contributed by atoms with Crippen molar-refractivity contribution in [2.24, 2.45) is 0 Å². The number of carbonyl (C=O) groups excluding carboxylic acids is 1. The van der Waals surface area contributed by atoms with Gasteiger partial charge in [0.15, 0.2) is 0 Å². The van der Waals surface area contributed by atoms with Crippen molar-refractivity contribution in [2.75, 3.05) is 19.7 Å². The summed E-state index contributed by atoms with van der Waals surface area (Å²) in [5.41, 5.74) is 0.899. The molecule has 0 saturated carbocycles. The van der Waals surface area contributed by atoms with Crippen LogP contribution < -0.4 is 0 Å². The molecular weight excluding hydrogens is 216 g/mol. The minimum Gasteiger partial charge on any atom is -0.384 e. The van der Waals surface area contributed by atoms with Gasteiger partial charge in [-0.2, -0.15) is 0 Å². The molecule has 4 heteroatoms. The summed E-state index contributed by atoms with van der Waals surface area (Å²) >= 11 is 0. The maximum atomic E-state index is 12.1. The lowest BCUT2D eigenvalue weighted by atomic mass is 10.1. The maximum Gasteiger partial charge on any atom is 0.273 e. The van der Waals surface area contributed by atoms with E-state index in [2.05, 4.69) is 16.8 Å². The molecule has 0 aromatic carbocycles. The smallest absolute Gasteiger partial charge is 0.273 e. The number of aromatic nitrogens is 1. The largest absolute Gasteiger partial charge is 0.384 e. The summed E-state index contributed by atoms with van der Waals surface area (Å²) < 4.78 is 0. The summed E-state index contributed by atoms with van der Waals surface area (Å²) in [5.74, 6) is 5.14. The SMILES string of the molecule is CCN(CC)C(=O)c1ncccc1C#CCO. The maximum absolute atomic E-state index is 12.1. The Hall–Kier alpha value is -1.86. The summed E-state index contributed by atoms with van der Waals surface area (Å²) in [6.45, 7) is 4.89. The van der Waals surface area contributed by atoms with Crippen molar-refractivity contribution in [3.63, 3.8) is 0 Å². The van der Waals surface area contributed by atoms with Crippen LogP contribution in [0.4, 0.5) is 0 Å². The molecule has 0 unspecified atom stereocenters. The second-order valence-electron chi connectivity index (χ2n) is 3.34. The minimum atomic E-state index is -0.228. The second-order valence-corrected chi connectivity index (χ2v) is 3.34. The molecule has 4 nitrogen and oxygen atoms in total. The van der Waals surface area contributed by atoms with E-state index >= 15 is 0 Å². The number of aliphatic hydroxyl groups is 1. The third-order valence-corrected chi connectivity index (χ3v) is 2.36. The normalized spacial score (nSPS) is 9.35. The Morgan fingerprint density at radius 1 is 1.47 bits per heavy atom. The van der Waals surface area contributed by atoms with Crippen LogP contribution >= 0.6 is 0 Å². The fraction of sp³-hybridized carbons (Fsp3) is 0.385. The summed E-state index contributed by atoms with van der Waals surface area (Å²) in [6.07, 6.45) is 1.57. The van der Waals surface area contributed by atoms with Crippen molar-refractivity contribution in [3.8, 4) is 11.8 Å². The molecule has 1 rings (SSSR count). The van der Waals surface area contributed by atoms with Crippen molar-refractivity contribution in [3.05, 3.63) is 29.6 Å². The molecule has 1 aromatic rings. The Morgan fingerprint density at radius 2 is 2.18 bits per heavy atom. The molecule has 0 aliphatic rings. The Labute approximate surface area is 101 Å². The van der Waals surface area contributed by atoms with Gasteiger partial charge in [0.2, 0.25) is 0 Å². The molecule has 1 aromatic heterocycles. The van der Waals surface area contributed by atoms with Gasteiger partial charge < -0.3 is 10.0 Å². The molecule has 90 valence electrons. The zero-order valence-corrected chi connectivity index (χ0v) is 10.1. The highest BCUT2D eigenvalue weighted by Crippen LogP contribution is 2.07. The van der Waals surface area contributed by atoms with Gasteiger partial charge >= 0.3 is 0 Å². The van der Waals surface area contributed by atoms with Crippen LogP contribution in [-0.4, -0.2) is 40.6 Å². The van der Waals surface area contributed by atoms with Gasteiger partial charge in [0.05, 0.1) is 5.56 Å². The van der Waals surface area contributed by atoms with Crippen molar-refractivity contribution in [2.45, 2.75) is 13.8 Å². The first kappa shape index (κ1) is 13.2. The number of nitrogens with zero attached hydrogens (tertiary/aromatic N) is 2. The number of amides is 1. The number of rotatable bonds is 3. The Kier molecular flexibility index (Phi) is 5.18. The fourth-order valence-corrected chi connectivity index (χ4v) is 1.47. The third kappa shape index (κ3) is 3.30. The molecule has 0 saturated heterocycles. The summed E-state index contributed by atoms with van der Waals surface area (Å²) in [5, 5.41) is 8.67. The molecule has 1 heterocycles. The van der Waals surface area contributed by atoms with Crippen LogP contribution in [0, 0.1) is 11.8 Å². The Balaban J connectivity index is 3.08. The predicted octanol–water partition coefficient (Wildman–Crippen LogP) is 0.907. The van der Waals surface area contributed by atoms with Gasteiger partial charge in [0, 0.05) is 19.3 Å². The van der Waals surface area contributed by atoms with Crippen LogP contribution in [-0.2, 0) is 0 Å². The van der Waals surface area contributed by atoms with E-state index in [1.54, 1.807) is 23.2 Å². The molecule has 1 N–H and O–H groups in total. The Bertz CT molecular complexity index is 442. The average Bonchev–Trinajstić information content (AvgIpc) is 2.38. The molecule has 0 spiro atoms. The highest BCUT2D eigenvalue weighted by Gasteiger charge is 2.16. The zero-order chi connectivity index (χ0) is 12.7. The number of hydrogen-bond acceptors (Lipinski definition) is 3. The summed E-state index contributed by atoms with van der Waals surface area (Å²) in [4.78, 5) is 17.9. The minimum absolute atomic E-state index is 0.127. The quantitative estimate of drug-likeness (QED) is 0.788. The van der Waals surface area contributed by atoms with E-state index in [1.165, 1.54) is 0 Å². The zero-order valence-electron chi connectivity index (χ0n) is 10.1. The third-order valence-electron chi connectivity index (χ3n) is 2.36. The number of carbonyl (C=O) groups is 1. The number of pyridine rings is 1. The lowest BCUT2D eigenvalue weighted by Crippen LogP contribution is -2.31. The first-order valence-corrected chi connectivity index (χ1v) is 5.58. The summed E-state index contributed by atoms with van der Waals surface area (Å²) in [7, 11) is 0. The first-order chi connectivity index (χ1) is 8.24. The van der Waals surface area contributed by atoms with E-state index in [-0.39, 0.29) is 12.5 Å². The van der Waals surface area contributed by atoms with Crippen molar-refractivity contribution >= 4 is 5.91 Å². The molecule has 0 atom stereocenters. The van der Waals surface area contributed by atoms with Crippen LogP contribution in [0.1, 0.15) is 29.9 Å². The van der Waals surface area contributed by atoms with E-state index in [9.17, 15) is 4.79 Å². The monoisotopic (exact) mass is 232 g/mol. The second kappa shape index (κ2) is 6.66. The molecule has 0 bridgehead atoms. The molecule has 17 heavy (non-hydrogen) atoms. The van der Waals surface area contributed by atoms with Gasteiger partial charge in [-0.15, -0.1) is 0 Å². The molecule has 0 fully saturated rings. The number of hydrogen-bond donors (Lipinski definition) is 1. The lowest BCUT2D eigenvalue weighted by molar-refractivity contribution is 0.0767. The molecule has 0 radical (unpaired) electrons. The topological polar surface area (TPSA) is 53.4 Å². The molecular formula is C13H16N2O2. The van der Waals surface area contributed by atoms with Gasteiger partial charge in [-0.05, 0) is 26.0 Å². The van der Waals surface area contributed by atoms with Crippen LogP contribution in [0.3, 0.4) is 0 Å². The fourth-order valence-electron chi connectivity index (χ4n) is 1.47. The van der Waals surface area contributed by atoms with Gasteiger partial charge in [-0.1, -0.05) is 11.8 Å². The summed E-state index contributed by atoms with van der Waals surface area (Å²) in [6, 6.07) is 3.45. The highest BCUT2D eigenvalue weighted by atomic mass is 16.2. The van der Waals surface area contributed by atoms with E-state index in [0.29, 0.717) is 24.3 Å². The highest BCUT2D eigenvalue weighted by molar-refractivity contribution is 5.94. The van der Waals surface area contributed by atoms with Crippen LogP contribution in [0.2, 0.25) is 0 Å². The van der Waals surface area contributed by atoms with Crippen LogP contribution in [0.5, 0.6) is 0 Å². The van der Waals surface area contributed by atoms with Crippen molar-refractivity contribution in [1.82, 2.24) is 9.88 Å². The molecule has 1 amide bonds. The van der Waals surface area contributed by atoms with Crippen molar-refractivity contribution < 1.29 is 9.90 Å². The molecule has 0 aliphatic heterocycles. The van der Waals surface area contributed by atoms with Crippen LogP contribution in [0.15, 0.2) is 18.3 Å². The molecule has 0 aliphatic carbocycles. The van der Waals surface area contributed by atoms with E-state index in [1.807, 2.05) is 13.8 Å². The van der Waals surface area contributed by atoms with Gasteiger partial charge in [0.1, 0.15) is 12.3 Å². The Morgan fingerprint density at radius 3 is 2.76 bits per heavy atom.